The Morgan fingerprint density at radius 1 is 1.35 bits per heavy atom. The third-order valence-corrected chi connectivity index (χ3v) is 5.51. The van der Waals surface area contributed by atoms with Crippen molar-refractivity contribution in [1.29, 1.82) is 0 Å². The van der Waals surface area contributed by atoms with Crippen LogP contribution < -0.4 is 5.32 Å². The fourth-order valence-corrected chi connectivity index (χ4v) is 4.37. The summed E-state index contributed by atoms with van der Waals surface area (Å²) >= 11 is 0. The standard InChI is InChI=1S/C14H16N2O3S/c17-14(11-5-7-20(18,19)9-11)16-8-10-2-1-3-13-12(10)4-6-15-13/h1-4,6,11,15H,5,7-9H2,(H,16,17)/t11-/m1/s1. The van der Waals surface area contributed by atoms with Gasteiger partial charge in [-0.3, -0.25) is 4.79 Å². The molecule has 1 aromatic carbocycles. The molecule has 0 radical (unpaired) electrons. The molecule has 2 heterocycles. The number of carbonyl (C=O) groups excluding carboxylic acids is 1. The maximum atomic E-state index is 12.0. The van der Waals surface area contributed by atoms with Crippen LogP contribution in [0.3, 0.4) is 0 Å². The Morgan fingerprint density at radius 3 is 2.95 bits per heavy atom. The van der Waals surface area contributed by atoms with Gasteiger partial charge in [0.2, 0.25) is 5.91 Å². The van der Waals surface area contributed by atoms with Gasteiger partial charge in [0.1, 0.15) is 0 Å². The van der Waals surface area contributed by atoms with Crippen LogP contribution in [0.1, 0.15) is 12.0 Å². The van der Waals surface area contributed by atoms with Crippen molar-refractivity contribution in [1.82, 2.24) is 10.3 Å². The molecule has 1 aromatic heterocycles. The van der Waals surface area contributed by atoms with Crippen LogP contribution in [0.2, 0.25) is 0 Å². The normalized spacial score (nSPS) is 21.1. The molecule has 1 fully saturated rings. The third kappa shape index (κ3) is 2.56. The molecule has 106 valence electrons. The Labute approximate surface area is 117 Å². The Balaban J connectivity index is 1.68. The van der Waals surface area contributed by atoms with Gasteiger partial charge in [0, 0.05) is 23.6 Å². The highest BCUT2D eigenvalue weighted by Gasteiger charge is 2.32. The molecule has 2 aromatic rings. The number of aromatic nitrogens is 1. The Morgan fingerprint density at radius 2 is 2.20 bits per heavy atom. The molecule has 0 spiro atoms. The number of sulfone groups is 1. The van der Waals surface area contributed by atoms with E-state index in [0.717, 1.165) is 16.5 Å². The number of H-pyrrole nitrogens is 1. The van der Waals surface area contributed by atoms with Crippen molar-refractivity contribution < 1.29 is 13.2 Å². The second-order valence-corrected chi connectivity index (χ2v) is 7.40. The lowest BCUT2D eigenvalue weighted by Crippen LogP contribution is -2.30. The van der Waals surface area contributed by atoms with E-state index in [2.05, 4.69) is 10.3 Å². The number of hydrogen-bond donors (Lipinski definition) is 2. The predicted octanol–water partition coefficient (Wildman–Crippen LogP) is 1.22. The average Bonchev–Trinajstić information content (AvgIpc) is 3.02. The molecular weight excluding hydrogens is 276 g/mol. The molecule has 1 atom stereocenters. The molecule has 1 aliphatic heterocycles. The summed E-state index contributed by atoms with van der Waals surface area (Å²) in [7, 11) is -3.01. The summed E-state index contributed by atoms with van der Waals surface area (Å²) in [5.74, 6) is -0.463. The van der Waals surface area contributed by atoms with Gasteiger partial charge < -0.3 is 10.3 Å². The van der Waals surface area contributed by atoms with Crippen molar-refractivity contribution in [2.24, 2.45) is 5.92 Å². The smallest absolute Gasteiger partial charge is 0.224 e. The van der Waals surface area contributed by atoms with Crippen LogP contribution in [0.25, 0.3) is 10.9 Å². The fourth-order valence-electron chi connectivity index (χ4n) is 2.63. The molecule has 1 aliphatic rings. The van der Waals surface area contributed by atoms with Crippen LogP contribution in [-0.2, 0) is 21.2 Å². The minimum atomic E-state index is -3.01. The molecule has 0 aliphatic carbocycles. The van der Waals surface area contributed by atoms with Crippen LogP contribution in [0.5, 0.6) is 0 Å². The first kappa shape index (κ1) is 13.2. The summed E-state index contributed by atoms with van der Waals surface area (Å²) in [4.78, 5) is 15.1. The van der Waals surface area contributed by atoms with Crippen LogP contribution >= 0.6 is 0 Å². The lowest BCUT2D eigenvalue weighted by atomic mass is 10.1. The van der Waals surface area contributed by atoms with E-state index in [9.17, 15) is 13.2 Å². The minimum Gasteiger partial charge on any atom is -0.361 e. The van der Waals surface area contributed by atoms with Gasteiger partial charge >= 0.3 is 0 Å². The summed E-state index contributed by atoms with van der Waals surface area (Å²) in [6, 6.07) is 7.84. The van der Waals surface area contributed by atoms with Crippen molar-refractivity contribution >= 4 is 26.6 Å². The molecule has 1 saturated heterocycles. The van der Waals surface area contributed by atoms with E-state index in [1.54, 1.807) is 0 Å². The molecule has 0 saturated carbocycles. The van der Waals surface area contributed by atoms with Crippen molar-refractivity contribution in [3.63, 3.8) is 0 Å². The van der Waals surface area contributed by atoms with Crippen molar-refractivity contribution in [2.75, 3.05) is 11.5 Å². The number of carbonyl (C=O) groups is 1. The second-order valence-electron chi connectivity index (χ2n) is 5.17. The maximum Gasteiger partial charge on any atom is 0.224 e. The molecule has 0 unspecified atom stereocenters. The first-order valence-corrected chi connectivity index (χ1v) is 8.40. The summed E-state index contributed by atoms with van der Waals surface area (Å²) in [5.41, 5.74) is 2.05. The monoisotopic (exact) mass is 292 g/mol. The first-order chi connectivity index (χ1) is 9.55. The molecule has 6 heteroatoms. The summed E-state index contributed by atoms with van der Waals surface area (Å²) in [6.45, 7) is 0.421. The predicted molar refractivity (Wildman–Crippen MR) is 76.9 cm³/mol. The maximum absolute atomic E-state index is 12.0. The van der Waals surface area contributed by atoms with Gasteiger partial charge in [0.25, 0.3) is 0 Å². The Kier molecular flexibility index (Phi) is 3.25. The third-order valence-electron chi connectivity index (χ3n) is 3.74. The van der Waals surface area contributed by atoms with Crippen molar-refractivity contribution in [3.05, 3.63) is 36.0 Å². The topological polar surface area (TPSA) is 79.0 Å². The van der Waals surface area contributed by atoms with Crippen LogP contribution in [0.15, 0.2) is 30.5 Å². The van der Waals surface area contributed by atoms with Crippen LogP contribution in [-0.4, -0.2) is 30.8 Å². The molecule has 5 nitrogen and oxygen atoms in total. The van der Waals surface area contributed by atoms with E-state index in [-0.39, 0.29) is 17.4 Å². The number of aromatic amines is 1. The lowest BCUT2D eigenvalue weighted by Gasteiger charge is -2.10. The highest BCUT2D eigenvalue weighted by atomic mass is 32.2. The zero-order valence-electron chi connectivity index (χ0n) is 10.9. The van der Waals surface area contributed by atoms with E-state index >= 15 is 0 Å². The number of benzene rings is 1. The second kappa shape index (κ2) is 4.94. The number of hydrogen-bond acceptors (Lipinski definition) is 3. The molecule has 1 amide bonds. The molecule has 2 N–H and O–H groups in total. The Bertz CT molecular complexity index is 749. The molecule has 3 rings (SSSR count). The van der Waals surface area contributed by atoms with Gasteiger partial charge in [-0.25, -0.2) is 8.42 Å². The van der Waals surface area contributed by atoms with Gasteiger partial charge in [-0.1, -0.05) is 12.1 Å². The fraction of sp³-hybridized carbons (Fsp3) is 0.357. The van der Waals surface area contributed by atoms with E-state index in [1.165, 1.54) is 0 Å². The van der Waals surface area contributed by atoms with E-state index < -0.39 is 15.8 Å². The number of amides is 1. The number of nitrogens with one attached hydrogen (secondary N) is 2. The van der Waals surface area contributed by atoms with Crippen molar-refractivity contribution in [2.45, 2.75) is 13.0 Å². The van der Waals surface area contributed by atoms with E-state index in [1.807, 2.05) is 30.5 Å². The van der Waals surface area contributed by atoms with Crippen LogP contribution in [0, 0.1) is 5.92 Å². The lowest BCUT2D eigenvalue weighted by molar-refractivity contribution is -0.124. The minimum absolute atomic E-state index is 0.0206. The number of rotatable bonds is 3. The average molecular weight is 292 g/mol. The summed E-state index contributed by atoms with van der Waals surface area (Å²) in [6.07, 6.45) is 2.29. The van der Waals surface area contributed by atoms with Gasteiger partial charge in [-0.15, -0.1) is 0 Å². The SMILES string of the molecule is O=C(NCc1cccc2[nH]ccc12)[C@@H]1CCS(=O)(=O)C1. The zero-order valence-corrected chi connectivity index (χ0v) is 11.7. The van der Waals surface area contributed by atoms with Crippen molar-refractivity contribution in [3.8, 4) is 0 Å². The molecular formula is C14H16N2O3S. The van der Waals surface area contributed by atoms with Gasteiger partial charge in [0.05, 0.1) is 17.4 Å². The summed E-state index contributed by atoms with van der Waals surface area (Å²) in [5, 5.41) is 3.92. The van der Waals surface area contributed by atoms with Gasteiger partial charge in [0.15, 0.2) is 9.84 Å². The molecule has 0 bridgehead atoms. The van der Waals surface area contributed by atoms with Gasteiger partial charge in [-0.2, -0.15) is 0 Å². The first-order valence-electron chi connectivity index (χ1n) is 6.58. The quantitative estimate of drug-likeness (QED) is 0.892. The van der Waals surface area contributed by atoms with Gasteiger partial charge in [-0.05, 0) is 24.1 Å². The van der Waals surface area contributed by atoms with Crippen LogP contribution in [0.4, 0.5) is 0 Å². The summed E-state index contributed by atoms with van der Waals surface area (Å²) < 4.78 is 22.8. The van der Waals surface area contributed by atoms with E-state index in [0.29, 0.717) is 13.0 Å². The highest BCUT2D eigenvalue weighted by molar-refractivity contribution is 7.91. The number of fused-ring (bicyclic) bond motifs is 1. The zero-order chi connectivity index (χ0) is 14.2. The Hall–Kier alpha value is -1.82. The molecule has 20 heavy (non-hydrogen) atoms. The highest BCUT2D eigenvalue weighted by Crippen LogP contribution is 2.20. The largest absolute Gasteiger partial charge is 0.361 e. The van der Waals surface area contributed by atoms with E-state index in [4.69, 9.17) is 0 Å².